The molecule has 1 saturated carbocycles. The Balaban J connectivity index is 1.15. The van der Waals surface area contributed by atoms with Gasteiger partial charge in [-0.1, -0.05) is 38.3 Å². The summed E-state index contributed by atoms with van der Waals surface area (Å²) in [6.45, 7) is 5.25. The minimum Gasteiger partial charge on any atom is -0.482 e. The molecule has 0 spiro atoms. The van der Waals surface area contributed by atoms with E-state index in [4.69, 9.17) is 9.47 Å². The molecule has 3 aliphatic heterocycles. The van der Waals surface area contributed by atoms with Gasteiger partial charge in [-0.3, -0.25) is 4.90 Å². The number of nitrogens with zero attached hydrogens (tertiary/aromatic N) is 1. The number of esters is 1. The average molecular weight is 500 g/mol. The van der Waals surface area contributed by atoms with Crippen molar-refractivity contribution in [1.82, 2.24) is 4.90 Å². The van der Waals surface area contributed by atoms with Crippen molar-refractivity contribution in [3.05, 3.63) is 29.3 Å². The first-order valence-electron chi connectivity index (χ1n) is 14.5. The van der Waals surface area contributed by atoms with Crippen LogP contribution >= 0.6 is 0 Å². The zero-order chi connectivity index (χ0) is 25.1. The molecule has 1 aromatic carbocycles. The summed E-state index contributed by atoms with van der Waals surface area (Å²) in [6.07, 6.45) is 10.3. The van der Waals surface area contributed by atoms with Crippen molar-refractivity contribution in [3.63, 3.8) is 0 Å². The molecule has 3 saturated heterocycles. The molecular formula is C30H45NO5. The van der Waals surface area contributed by atoms with Crippen molar-refractivity contribution >= 4 is 5.97 Å². The highest BCUT2D eigenvalue weighted by Crippen LogP contribution is 2.48. The predicted octanol–water partition coefficient (Wildman–Crippen LogP) is 4.14. The van der Waals surface area contributed by atoms with E-state index >= 15 is 0 Å². The van der Waals surface area contributed by atoms with Crippen LogP contribution in [0.3, 0.4) is 0 Å². The number of unbranched alkanes of at least 4 members (excludes halogenated alkanes) is 2. The van der Waals surface area contributed by atoms with Gasteiger partial charge in [0.2, 0.25) is 0 Å². The van der Waals surface area contributed by atoms with Gasteiger partial charge in [-0.15, -0.1) is 0 Å². The lowest BCUT2D eigenvalue weighted by molar-refractivity contribution is -0.161. The maximum atomic E-state index is 12.6. The molecule has 2 aliphatic carbocycles. The Morgan fingerprint density at radius 1 is 1.14 bits per heavy atom. The van der Waals surface area contributed by atoms with Crippen molar-refractivity contribution in [2.45, 2.75) is 95.9 Å². The highest BCUT2D eigenvalue weighted by atomic mass is 16.6. The van der Waals surface area contributed by atoms with Crippen LogP contribution in [0.2, 0.25) is 0 Å². The summed E-state index contributed by atoms with van der Waals surface area (Å²) in [5.74, 6) is 2.16. The Bertz CT molecular complexity index is 882. The first-order chi connectivity index (χ1) is 17.5. The molecule has 0 amide bonds. The number of carbonyl (C=O) groups is 1. The molecule has 0 unspecified atom stereocenters. The number of rotatable bonds is 11. The minimum absolute atomic E-state index is 0.0103. The molecule has 2 bridgehead atoms. The number of hydrogen-bond acceptors (Lipinski definition) is 6. The average Bonchev–Trinajstić information content (AvgIpc) is 3.19. The van der Waals surface area contributed by atoms with E-state index in [2.05, 4.69) is 17.9 Å². The second-order valence-electron chi connectivity index (χ2n) is 11.9. The van der Waals surface area contributed by atoms with Crippen LogP contribution in [0.15, 0.2) is 18.2 Å². The highest BCUT2D eigenvalue weighted by molar-refractivity contribution is 5.71. The lowest BCUT2D eigenvalue weighted by atomic mass is 9.73. The molecule has 0 radical (unpaired) electrons. The van der Waals surface area contributed by atoms with Crippen molar-refractivity contribution in [3.8, 4) is 5.75 Å². The van der Waals surface area contributed by atoms with E-state index in [-0.39, 0.29) is 36.8 Å². The number of fused-ring (bicyclic) bond motifs is 5. The molecule has 0 aromatic heterocycles. The van der Waals surface area contributed by atoms with Crippen LogP contribution in [0, 0.1) is 23.7 Å². The molecular weight excluding hydrogens is 454 g/mol. The van der Waals surface area contributed by atoms with Crippen LogP contribution in [0.1, 0.15) is 75.8 Å². The standard InChI is InChI=1S/C30H45NO5/c1-2-3-4-7-23(32)9-10-24-25-15-21-6-5-8-28(26(21)16-22(25)17-27(24)33)35-19-30(34)36-29-18-31-13-11-20(29)12-14-31/h5-6,8,20,22-25,27,29,32-33H,2-4,7,9-19H2,1H3/t22-,23+,24+,25-,27+,29+/m0/s1. The molecule has 3 heterocycles. The van der Waals surface area contributed by atoms with Crippen molar-refractivity contribution < 1.29 is 24.5 Å². The summed E-state index contributed by atoms with van der Waals surface area (Å²) in [6, 6.07) is 6.16. The first-order valence-corrected chi connectivity index (χ1v) is 14.5. The second-order valence-corrected chi connectivity index (χ2v) is 11.9. The fourth-order valence-electron chi connectivity index (χ4n) is 7.48. The molecule has 1 aromatic rings. The Morgan fingerprint density at radius 3 is 2.72 bits per heavy atom. The smallest absolute Gasteiger partial charge is 0.344 e. The molecule has 5 aliphatic rings. The lowest BCUT2D eigenvalue weighted by Crippen LogP contribution is -2.52. The van der Waals surface area contributed by atoms with Crippen LogP contribution in [0.5, 0.6) is 5.75 Å². The zero-order valence-corrected chi connectivity index (χ0v) is 21.9. The number of ether oxygens (including phenoxy) is 2. The SMILES string of the molecule is CCCCC[C@@H](O)CC[C@@H]1[C@H]2Cc3cccc(OCC(=O)O[C@@H]4CN5CCC4CC5)c3C[C@H]2C[C@H]1O. The van der Waals surface area contributed by atoms with Crippen LogP contribution in [-0.2, 0) is 22.4 Å². The van der Waals surface area contributed by atoms with Gasteiger partial charge in [0.05, 0.1) is 12.2 Å². The fourth-order valence-corrected chi connectivity index (χ4v) is 7.48. The maximum absolute atomic E-state index is 12.6. The van der Waals surface area contributed by atoms with Gasteiger partial charge >= 0.3 is 5.97 Å². The largest absolute Gasteiger partial charge is 0.482 e. The quantitative estimate of drug-likeness (QED) is 0.352. The van der Waals surface area contributed by atoms with Crippen molar-refractivity contribution in [1.29, 1.82) is 0 Å². The molecule has 6 atom stereocenters. The van der Waals surface area contributed by atoms with Crippen molar-refractivity contribution in [2.75, 3.05) is 26.2 Å². The zero-order valence-electron chi connectivity index (χ0n) is 21.9. The van der Waals surface area contributed by atoms with E-state index < -0.39 is 0 Å². The molecule has 2 N–H and O–H groups in total. The van der Waals surface area contributed by atoms with E-state index in [9.17, 15) is 15.0 Å². The van der Waals surface area contributed by atoms with E-state index in [1.54, 1.807) is 0 Å². The van der Waals surface area contributed by atoms with Crippen LogP contribution in [0.4, 0.5) is 0 Å². The van der Waals surface area contributed by atoms with Crippen molar-refractivity contribution in [2.24, 2.45) is 23.7 Å². The fraction of sp³-hybridized carbons (Fsp3) is 0.767. The van der Waals surface area contributed by atoms with Gasteiger partial charge in [-0.05, 0) is 105 Å². The Hall–Kier alpha value is -1.63. The monoisotopic (exact) mass is 499 g/mol. The topological polar surface area (TPSA) is 79.2 Å². The van der Waals surface area contributed by atoms with E-state index in [1.807, 2.05) is 12.1 Å². The molecule has 6 heteroatoms. The third-order valence-corrected chi connectivity index (χ3v) is 9.54. The summed E-state index contributed by atoms with van der Waals surface area (Å²) in [5, 5.41) is 21.3. The van der Waals surface area contributed by atoms with Gasteiger partial charge in [0.15, 0.2) is 6.61 Å². The van der Waals surface area contributed by atoms with Crippen LogP contribution in [0.25, 0.3) is 0 Å². The number of aliphatic hydroxyl groups is 2. The van der Waals surface area contributed by atoms with Gasteiger partial charge in [0, 0.05) is 6.54 Å². The Labute approximate surface area is 216 Å². The highest BCUT2D eigenvalue weighted by Gasteiger charge is 2.45. The maximum Gasteiger partial charge on any atom is 0.344 e. The third-order valence-electron chi connectivity index (χ3n) is 9.54. The number of piperidine rings is 3. The lowest BCUT2D eigenvalue weighted by Gasteiger charge is -2.43. The molecule has 200 valence electrons. The van der Waals surface area contributed by atoms with E-state index in [1.165, 1.54) is 24.0 Å². The normalized spacial score (nSPS) is 33.6. The van der Waals surface area contributed by atoms with E-state index in [0.717, 1.165) is 83.2 Å². The molecule has 4 fully saturated rings. The van der Waals surface area contributed by atoms with Gasteiger partial charge in [0.1, 0.15) is 11.9 Å². The van der Waals surface area contributed by atoms with Gasteiger partial charge < -0.3 is 19.7 Å². The molecule has 6 rings (SSSR count). The number of carbonyl (C=O) groups excluding carboxylic acids is 1. The van der Waals surface area contributed by atoms with Gasteiger partial charge in [0.25, 0.3) is 0 Å². The number of hydrogen-bond donors (Lipinski definition) is 2. The van der Waals surface area contributed by atoms with E-state index in [0.29, 0.717) is 17.8 Å². The Kier molecular flexibility index (Phi) is 8.54. The second kappa shape index (κ2) is 11.8. The predicted molar refractivity (Wildman–Crippen MR) is 139 cm³/mol. The third kappa shape index (κ3) is 5.92. The summed E-state index contributed by atoms with van der Waals surface area (Å²) in [7, 11) is 0. The van der Waals surface area contributed by atoms with Crippen LogP contribution in [-0.4, -0.2) is 65.6 Å². The minimum atomic E-state index is -0.293. The molecule has 36 heavy (non-hydrogen) atoms. The number of benzene rings is 1. The first kappa shape index (κ1) is 26.0. The Morgan fingerprint density at radius 2 is 1.97 bits per heavy atom. The van der Waals surface area contributed by atoms with Crippen LogP contribution < -0.4 is 4.74 Å². The summed E-state index contributed by atoms with van der Waals surface area (Å²) >= 11 is 0. The van der Waals surface area contributed by atoms with Gasteiger partial charge in [-0.2, -0.15) is 0 Å². The summed E-state index contributed by atoms with van der Waals surface area (Å²) in [4.78, 5) is 15.0. The van der Waals surface area contributed by atoms with Gasteiger partial charge in [-0.25, -0.2) is 4.79 Å². The summed E-state index contributed by atoms with van der Waals surface area (Å²) < 4.78 is 11.8. The molecule has 6 nitrogen and oxygen atoms in total. The summed E-state index contributed by atoms with van der Waals surface area (Å²) in [5.41, 5.74) is 2.48. The number of aliphatic hydroxyl groups excluding tert-OH is 2.